The van der Waals surface area contributed by atoms with Crippen molar-refractivity contribution in [1.29, 1.82) is 0 Å². The molecule has 3 aromatic carbocycles. The van der Waals surface area contributed by atoms with Gasteiger partial charge in [-0.15, -0.1) is 0 Å². The molecule has 0 saturated carbocycles. The van der Waals surface area contributed by atoms with E-state index in [0.717, 1.165) is 16.7 Å². The van der Waals surface area contributed by atoms with Crippen LogP contribution in [0.2, 0.25) is 0 Å². The first-order valence-electron chi connectivity index (χ1n) is 12.5. The zero-order chi connectivity index (χ0) is 28.9. The van der Waals surface area contributed by atoms with E-state index in [1.54, 1.807) is 68.7 Å². The van der Waals surface area contributed by atoms with Gasteiger partial charge < -0.3 is 15.7 Å². The molecular weight excluding hydrogens is 528 g/mol. The highest BCUT2D eigenvalue weighted by atomic mass is 32.2. The van der Waals surface area contributed by atoms with Gasteiger partial charge in [0.05, 0.1) is 16.8 Å². The number of benzene rings is 3. The van der Waals surface area contributed by atoms with E-state index >= 15 is 0 Å². The summed E-state index contributed by atoms with van der Waals surface area (Å²) in [7, 11) is -4.06. The first-order valence-corrected chi connectivity index (χ1v) is 14.0. The van der Waals surface area contributed by atoms with Crippen LogP contribution in [0.25, 0.3) is 11.1 Å². The van der Waals surface area contributed by atoms with E-state index in [-0.39, 0.29) is 11.3 Å². The maximum Gasteiger partial charge on any atom is 0.323 e. The number of aliphatic carboxylic acids is 1. The average molecular weight is 559 g/mol. The van der Waals surface area contributed by atoms with Crippen LogP contribution in [-0.2, 0) is 21.2 Å². The number of carbonyl (C=O) groups excluding carboxylic acids is 1. The molecule has 40 heavy (non-hydrogen) atoms. The number of aromatic nitrogens is 1. The predicted molar refractivity (Wildman–Crippen MR) is 155 cm³/mol. The number of hydrogen-bond acceptors (Lipinski definition) is 5. The van der Waals surface area contributed by atoms with Crippen molar-refractivity contribution in [2.24, 2.45) is 0 Å². The third-order valence-corrected chi connectivity index (χ3v) is 8.01. The molecule has 10 heteroatoms. The van der Waals surface area contributed by atoms with Gasteiger partial charge in [-0.25, -0.2) is 13.2 Å². The van der Waals surface area contributed by atoms with Gasteiger partial charge in [0.2, 0.25) is 10.0 Å². The summed E-state index contributed by atoms with van der Waals surface area (Å²) in [6, 6.07) is 19.7. The fraction of sp³-hybridized carbons (Fsp3) is 0.167. The van der Waals surface area contributed by atoms with E-state index in [9.17, 15) is 23.1 Å². The zero-order valence-corrected chi connectivity index (χ0v) is 23.1. The molecular formula is C30H30N4O5S. The van der Waals surface area contributed by atoms with Crippen LogP contribution in [0.15, 0.2) is 90.1 Å². The fourth-order valence-corrected chi connectivity index (χ4v) is 6.23. The molecule has 1 atom stereocenters. The summed E-state index contributed by atoms with van der Waals surface area (Å²) in [6.07, 6.45) is 3.13. The molecule has 0 bridgehead atoms. The van der Waals surface area contributed by atoms with Crippen molar-refractivity contribution in [1.82, 2.24) is 9.71 Å². The minimum atomic E-state index is -4.06. The largest absolute Gasteiger partial charge is 0.480 e. The Morgan fingerprint density at radius 1 is 0.850 bits per heavy atom. The maximum atomic E-state index is 13.1. The first kappa shape index (κ1) is 28.5. The van der Waals surface area contributed by atoms with Crippen molar-refractivity contribution >= 4 is 33.4 Å². The van der Waals surface area contributed by atoms with E-state index in [1.807, 2.05) is 37.3 Å². The molecule has 4 N–H and O–H groups in total. The van der Waals surface area contributed by atoms with Crippen molar-refractivity contribution in [3.63, 3.8) is 0 Å². The molecule has 1 unspecified atom stereocenters. The van der Waals surface area contributed by atoms with Crippen LogP contribution in [0.4, 0.5) is 16.2 Å². The second-order valence-corrected chi connectivity index (χ2v) is 11.2. The van der Waals surface area contributed by atoms with Gasteiger partial charge in [-0.05, 0) is 79.3 Å². The summed E-state index contributed by atoms with van der Waals surface area (Å²) in [5, 5.41) is 15.3. The fourth-order valence-electron chi connectivity index (χ4n) is 4.59. The molecule has 0 fully saturated rings. The summed E-state index contributed by atoms with van der Waals surface area (Å²) in [5.41, 5.74) is 5.54. The Kier molecular flexibility index (Phi) is 8.61. The highest BCUT2D eigenvalue weighted by Crippen LogP contribution is 2.25. The van der Waals surface area contributed by atoms with Gasteiger partial charge in [0.25, 0.3) is 0 Å². The summed E-state index contributed by atoms with van der Waals surface area (Å²) < 4.78 is 28.6. The molecule has 0 aliphatic heterocycles. The number of pyridine rings is 1. The lowest BCUT2D eigenvalue weighted by molar-refractivity contribution is -0.138. The average Bonchev–Trinajstić information content (AvgIpc) is 2.88. The molecule has 0 aliphatic carbocycles. The van der Waals surface area contributed by atoms with Crippen molar-refractivity contribution < 1.29 is 23.1 Å². The second kappa shape index (κ2) is 12.1. The molecule has 0 aliphatic rings. The van der Waals surface area contributed by atoms with E-state index in [4.69, 9.17) is 0 Å². The van der Waals surface area contributed by atoms with Gasteiger partial charge in [-0.1, -0.05) is 54.1 Å². The number of carboxylic acids is 1. The molecule has 1 aromatic heterocycles. The minimum absolute atomic E-state index is 0.0328. The van der Waals surface area contributed by atoms with E-state index in [1.165, 1.54) is 0 Å². The Labute approximate surface area is 233 Å². The van der Waals surface area contributed by atoms with E-state index < -0.39 is 28.1 Å². The Morgan fingerprint density at radius 3 is 2.12 bits per heavy atom. The number of carboxylic acid groups (broad SMARTS) is 1. The molecule has 4 aromatic rings. The van der Waals surface area contributed by atoms with Gasteiger partial charge in [0.1, 0.15) is 6.04 Å². The number of nitrogens with zero attached hydrogens (tertiary/aromatic N) is 1. The molecule has 0 spiro atoms. The topological polar surface area (TPSA) is 137 Å². The molecule has 4 rings (SSSR count). The molecule has 0 saturated heterocycles. The SMILES string of the molecule is Cc1cc(C)c(S(=O)(=O)NC(Cc2ccc(-c3cccc(NC(=O)Nc4cccnc4)c3)cc2)C(=O)O)c(C)c1. The predicted octanol–water partition coefficient (Wildman–Crippen LogP) is 5.29. The monoisotopic (exact) mass is 558 g/mol. The van der Waals surface area contributed by atoms with Crippen molar-refractivity contribution in [2.45, 2.75) is 38.1 Å². The lowest BCUT2D eigenvalue weighted by Gasteiger charge is -2.18. The minimum Gasteiger partial charge on any atom is -0.480 e. The zero-order valence-electron chi connectivity index (χ0n) is 22.3. The molecule has 1 heterocycles. The van der Waals surface area contributed by atoms with Gasteiger partial charge in [-0.2, -0.15) is 4.72 Å². The third-order valence-electron chi connectivity index (χ3n) is 6.24. The number of amides is 2. The number of carbonyl (C=O) groups is 2. The third kappa shape index (κ3) is 7.10. The summed E-state index contributed by atoms with van der Waals surface area (Å²) in [5.74, 6) is -1.27. The van der Waals surface area contributed by atoms with Crippen LogP contribution < -0.4 is 15.4 Å². The van der Waals surface area contributed by atoms with Gasteiger partial charge in [0.15, 0.2) is 0 Å². The van der Waals surface area contributed by atoms with Crippen LogP contribution >= 0.6 is 0 Å². The summed E-state index contributed by atoms with van der Waals surface area (Å²) in [6.45, 7) is 5.27. The highest BCUT2D eigenvalue weighted by Gasteiger charge is 2.28. The highest BCUT2D eigenvalue weighted by molar-refractivity contribution is 7.89. The van der Waals surface area contributed by atoms with Crippen LogP contribution in [0.1, 0.15) is 22.3 Å². The Balaban J connectivity index is 1.46. The molecule has 9 nitrogen and oxygen atoms in total. The van der Waals surface area contributed by atoms with Crippen molar-refractivity contribution in [3.05, 3.63) is 107 Å². The number of hydrogen-bond donors (Lipinski definition) is 4. The number of anilines is 2. The number of nitrogens with one attached hydrogen (secondary N) is 3. The van der Waals surface area contributed by atoms with Crippen LogP contribution in [0.5, 0.6) is 0 Å². The van der Waals surface area contributed by atoms with E-state index in [0.29, 0.717) is 28.1 Å². The first-order chi connectivity index (χ1) is 19.0. The Morgan fingerprint density at radius 2 is 1.50 bits per heavy atom. The number of aryl methyl sites for hydroxylation is 3. The maximum absolute atomic E-state index is 13.1. The summed E-state index contributed by atoms with van der Waals surface area (Å²) >= 11 is 0. The Bertz CT molecular complexity index is 1620. The van der Waals surface area contributed by atoms with Crippen LogP contribution in [0.3, 0.4) is 0 Å². The Hall–Kier alpha value is -4.54. The second-order valence-electron chi connectivity index (χ2n) is 9.54. The summed E-state index contributed by atoms with van der Waals surface area (Å²) in [4.78, 5) is 28.4. The number of urea groups is 1. The number of rotatable bonds is 9. The molecule has 2 amide bonds. The van der Waals surface area contributed by atoms with Crippen molar-refractivity contribution in [2.75, 3.05) is 10.6 Å². The standard InChI is InChI=1S/C30H30N4O5S/c1-19-14-20(2)28(21(3)15-19)40(38,39)34-27(29(35)36)16-22-9-11-23(12-10-22)24-6-4-7-25(17-24)32-30(37)33-26-8-5-13-31-18-26/h4-15,17-18,27,34H,16H2,1-3H3,(H,35,36)(H2,32,33,37). The normalized spacial score (nSPS) is 12.0. The smallest absolute Gasteiger partial charge is 0.323 e. The molecule has 206 valence electrons. The lowest BCUT2D eigenvalue weighted by atomic mass is 10.0. The van der Waals surface area contributed by atoms with Crippen molar-refractivity contribution in [3.8, 4) is 11.1 Å². The lowest BCUT2D eigenvalue weighted by Crippen LogP contribution is -2.42. The van der Waals surface area contributed by atoms with E-state index in [2.05, 4.69) is 20.3 Å². The van der Waals surface area contributed by atoms with Crippen LogP contribution in [-0.4, -0.2) is 36.6 Å². The molecule has 0 radical (unpaired) electrons. The van der Waals surface area contributed by atoms with Crippen LogP contribution in [0, 0.1) is 20.8 Å². The number of sulfonamides is 1. The van der Waals surface area contributed by atoms with Gasteiger partial charge >= 0.3 is 12.0 Å². The quantitative estimate of drug-likeness (QED) is 0.220. The van der Waals surface area contributed by atoms with Gasteiger partial charge in [-0.3, -0.25) is 9.78 Å². The van der Waals surface area contributed by atoms with Gasteiger partial charge in [0, 0.05) is 11.9 Å².